The van der Waals surface area contributed by atoms with E-state index in [-0.39, 0.29) is 6.61 Å². The van der Waals surface area contributed by atoms with Gasteiger partial charge in [-0.25, -0.2) is 9.59 Å². The Bertz CT molecular complexity index is 827. The zero-order valence-corrected chi connectivity index (χ0v) is 14.7. The van der Waals surface area contributed by atoms with Gasteiger partial charge in [0.2, 0.25) is 0 Å². The number of hydrogen-bond donors (Lipinski definition) is 1. The van der Waals surface area contributed by atoms with Gasteiger partial charge in [-0.2, -0.15) is 0 Å². The molecule has 0 bridgehead atoms. The number of amides is 2. The summed E-state index contributed by atoms with van der Waals surface area (Å²) in [6, 6.07) is 14.0. The van der Waals surface area contributed by atoms with Crippen LogP contribution in [0.1, 0.15) is 12.5 Å². The first-order chi connectivity index (χ1) is 12.5. The van der Waals surface area contributed by atoms with Gasteiger partial charge in [-0.3, -0.25) is 10.2 Å². The number of aryl methyl sites for hydroxylation is 1. The standard InChI is InChI=1S/C20H20N2O4/c1-4-12-25-19(23)21-16-9-7-11-18(14-16)26-20(24)22(5-2)17-10-6-8-15(3)13-17/h1,6-11,13-14H,5,12H2,2-3H3,(H,21,23). The molecule has 0 unspecified atom stereocenters. The number of terminal acetylenes is 1. The van der Waals surface area contributed by atoms with Crippen molar-refractivity contribution in [1.29, 1.82) is 0 Å². The summed E-state index contributed by atoms with van der Waals surface area (Å²) in [7, 11) is 0. The molecule has 0 heterocycles. The van der Waals surface area contributed by atoms with E-state index in [1.54, 1.807) is 18.2 Å². The summed E-state index contributed by atoms with van der Waals surface area (Å²) in [6.07, 6.45) is 3.84. The number of rotatable bonds is 5. The van der Waals surface area contributed by atoms with Crippen LogP contribution in [0.5, 0.6) is 5.75 Å². The third-order valence-corrected chi connectivity index (χ3v) is 3.42. The summed E-state index contributed by atoms with van der Waals surface area (Å²) >= 11 is 0. The fraction of sp³-hybridized carbons (Fsp3) is 0.200. The fourth-order valence-electron chi connectivity index (χ4n) is 2.27. The molecule has 0 aromatic heterocycles. The lowest BCUT2D eigenvalue weighted by Gasteiger charge is -2.20. The number of carbonyl (C=O) groups excluding carboxylic acids is 2. The average molecular weight is 352 g/mol. The number of ether oxygens (including phenoxy) is 2. The van der Waals surface area contributed by atoms with E-state index in [0.29, 0.717) is 18.0 Å². The Kier molecular flexibility index (Phi) is 6.63. The number of anilines is 2. The Balaban J connectivity index is 2.07. The van der Waals surface area contributed by atoms with Crippen LogP contribution in [-0.2, 0) is 4.74 Å². The molecule has 0 saturated carbocycles. The largest absolute Gasteiger partial charge is 0.436 e. The molecule has 6 heteroatoms. The molecule has 2 rings (SSSR count). The molecule has 2 amide bonds. The Labute approximate surface area is 152 Å². The van der Waals surface area contributed by atoms with Crippen molar-refractivity contribution in [3.8, 4) is 18.1 Å². The lowest BCUT2D eigenvalue weighted by molar-refractivity contribution is 0.176. The highest BCUT2D eigenvalue weighted by molar-refractivity contribution is 5.89. The first-order valence-electron chi connectivity index (χ1n) is 8.06. The van der Waals surface area contributed by atoms with Crippen LogP contribution in [0, 0.1) is 19.3 Å². The van der Waals surface area contributed by atoms with E-state index in [1.807, 2.05) is 38.1 Å². The van der Waals surface area contributed by atoms with E-state index in [0.717, 1.165) is 11.3 Å². The topological polar surface area (TPSA) is 67.9 Å². The molecular formula is C20H20N2O4. The van der Waals surface area contributed by atoms with Crippen molar-refractivity contribution in [1.82, 2.24) is 0 Å². The van der Waals surface area contributed by atoms with Crippen molar-refractivity contribution in [2.24, 2.45) is 0 Å². The zero-order chi connectivity index (χ0) is 18.9. The van der Waals surface area contributed by atoms with Crippen molar-refractivity contribution in [2.75, 3.05) is 23.4 Å². The van der Waals surface area contributed by atoms with Gasteiger partial charge in [-0.05, 0) is 43.7 Å². The SMILES string of the molecule is C#CCOC(=O)Nc1cccc(OC(=O)N(CC)c2cccc(C)c2)c1. The van der Waals surface area contributed by atoms with Crippen molar-refractivity contribution in [3.63, 3.8) is 0 Å². The lowest BCUT2D eigenvalue weighted by atomic mass is 10.2. The zero-order valence-electron chi connectivity index (χ0n) is 14.7. The Morgan fingerprint density at radius 3 is 2.65 bits per heavy atom. The van der Waals surface area contributed by atoms with Crippen molar-refractivity contribution in [2.45, 2.75) is 13.8 Å². The van der Waals surface area contributed by atoms with E-state index in [4.69, 9.17) is 15.9 Å². The number of hydrogen-bond acceptors (Lipinski definition) is 4. The quantitative estimate of drug-likeness (QED) is 0.819. The third kappa shape index (κ3) is 5.28. The summed E-state index contributed by atoms with van der Waals surface area (Å²) in [5.74, 6) is 2.50. The van der Waals surface area contributed by atoms with Gasteiger partial charge in [0.15, 0.2) is 6.61 Å². The minimum atomic E-state index is -0.679. The summed E-state index contributed by atoms with van der Waals surface area (Å²) < 4.78 is 10.2. The Morgan fingerprint density at radius 1 is 1.19 bits per heavy atom. The highest BCUT2D eigenvalue weighted by Gasteiger charge is 2.16. The second-order valence-electron chi connectivity index (χ2n) is 5.38. The molecule has 0 aliphatic carbocycles. The normalized spacial score (nSPS) is 9.73. The smallest absolute Gasteiger partial charge is 0.419 e. The van der Waals surface area contributed by atoms with E-state index < -0.39 is 12.2 Å². The molecule has 0 radical (unpaired) electrons. The Hall–Kier alpha value is -3.46. The number of nitrogens with one attached hydrogen (secondary N) is 1. The van der Waals surface area contributed by atoms with Gasteiger partial charge >= 0.3 is 12.2 Å². The molecule has 0 atom stereocenters. The van der Waals surface area contributed by atoms with Gasteiger partial charge in [-0.15, -0.1) is 6.42 Å². The van der Waals surface area contributed by atoms with Crippen LogP contribution in [0.4, 0.5) is 21.0 Å². The highest BCUT2D eigenvalue weighted by Crippen LogP contribution is 2.21. The summed E-state index contributed by atoms with van der Waals surface area (Å²) in [4.78, 5) is 25.6. The van der Waals surface area contributed by atoms with Crippen molar-refractivity contribution < 1.29 is 19.1 Å². The lowest BCUT2D eigenvalue weighted by Crippen LogP contribution is -2.33. The van der Waals surface area contributed by atoms with Gasteiger partial charge in [0.05, 0.1) is 0 Å². The monoisotopic (exact) mass is 352 g/mol. The third-order valence-electron chi connectivity index (χ3n) is 3.42. The summed E-state index contributed by atoms with van der Waals surface area (Å²) in [6.45, 7) is 4.15. The molecule has 6 nitrogen and oxygen atoms in total. The van der Waals surface area contributed by atoms with Crippen LogP contribution < -0.4 is 15.0 Å². The second kappa shape index (κ2) is 9.14. The van der Waals surface area contributed by atoms with Gasteiger partial charge < -0.3 is 9.47 Å². The number of benzene rings is 2. The van der Waals surface area contributed by atoms with Crippen LogP contribution in [0.15, 0.2) is 48.5 Å². The van der Waals surface area contributed by atoms with Gasteiger partial charge in [0, 0.05) is 24.0 Å². The molecule has 2 aromatic carbocycles. The van der Waals surface area contributed by atoms with Gasteiger partial charge in [-0.1, -0.05) is 24.1 Å². The molecule has 0 saturated heterocycles. The molecule has 26 heavy (non-hydrogen) atoms. The van der Waals surface area contributed by atoms with E-state index >= 15 is 0 Å². The van der Waals surface area contributed by atoms with E-state index in [9.17, 15) is 9.59 Å². The highest BCUT2D eigenvalue weighted by atomic mass is 16.6. The van der Waals surface area contributed by atoms with Gasteiger partial charge in [0.25, 0.3) is 0 Å². The van der Waals surface area contributed by atoms with Crippen LogP contribution in [0.2, 0.25) is 0 Å². The number of nitrogens with zero attached hydrogens (tertiary/aromatic N) is 1. The predicted molar refractivity (Wildman–Crippen MR) is 100 cm³/mol. The molecule has 0 aliphatic heterocycles. The Morgan fingerprint density at radius 2 is 1.96 bits per heavy atom. The van der Waals surface area contributed by atoms with Crippen LogP contribution in [0.3, 0.4) is 0 Å². The van der Waals surface area contributed by atoms with Crippen LogP contribution in [0.25, 0.3) is 0 Å². The summed E-state index contributed by atoms with van der Waals surface area (Å²) in [5, 5.41) is 2.51. The van der Waals surface area contributed by atoms with Crippen molar-refractivity contribution >= 4 is 23.6 Å². The maximum Gasteiger partial charge on any atom is 0.419 e. The maximum atomic E-state index is 12.5. The number of carbonyl (C=O) groups is 2. The van der Waals surface area contributed by atoms with Gasteiger partial charge in [0.1, 0.15) is 5.75 Å². The van der Waals surface area contributed by atoms with Crippen molar-refractivity contribution in [3.05, 3.63) is 54.1 Å². The molecule has 1 N–H and O–H groups in total. The predicted octanol–water partition coefficient (Wildman–Crippen LogP) is 4.20. The molecule has 2 aromatic rings. The second-order valence-corrected chi connectivity index (χ2v) is 5.38. The minimum Gasteiger partial charge on any atom is -0.436 e. The minimum absolute atomic E-state index is 0.123. The van der Waals surface area contributed by atoms with E-state index in [1.165, 1.54) is 11.0 Å². The molecule has 0 fully saturated rings. The average Bonchev–Trinajstić information content (AvgIpc) is 2.61. The molecule has 0 aliphatic rings. The first-order valence-corrected chi connectivity index (χ1v) is 8.06. The molecule has 0 spiro atoms. The molecule has 134 valence electrons. The first kappa shape index (κ1) is 18.9. The maximum absolute atomic E-state index is 12.5. The van der Waals surface area contributed by atoms with Crippen LogP contribution in [-0.4, -0.2) is 25.3 Å². The fourth-order valence-corrected chi connectivity index (χ4v) is 2.27. The molecular weight excluding hydrogens is 332 g/mol. The van der Waals surface area contributed by atoms with E-state index in [2.05, 4.69) is 11.2 Å². The summed E-state index contributed by atoms with van der Waals surface area (Å²) in [5.41, 5.74) is 2.23. The van der Waals surface area contributed by atoms with Crippen LogP contribution >= 0.6 is 0 Å².